The summed E-state index contributed by atoms with van der Waals surface area (Å²) in [6, 6.07) is 11.5. The largest absolute Gasteiger partial charge is 0.573 e. The number of hydrogen-bond donors (Lipinski definition) is 0. The van der Waals surface area contributed by atoms with Gasteiger partial charge in [-0.3, -0.25) is 0 Å². The van der Waals surface area contributed by atoms with Gasteiger partial charge in [0.15, 0.2) is 0 Å². The van der Waals surface area contributed by atoms with Gasteiger partial charge in [0.2, 0.25) is 0 Å². The summed E-state index contributed by atoms with van der Waals surface area (Å²) in [5, 5.41) is 5.24. The van der Waals surface area contributed by atoms with Gasteiger partial charge in [-0.05, 0) is 43.3 Å². The maximum absolute atomic E-state index is 12.1. The van der Waals surface area contributed by atoms with E-state index in [0.717, 1.165) is 16.5 Å². The van der Waals surface area contributed by atoms with Crippen LogP contribution in [0.4, 0.5) is 13.2 Å². The molecular formula is C15H11F3N2O. The Morgan fingerprint density at radius 3 is 2.43 bits per heavy atom. The van der Waals surface area contributed by atoms with Gasteiger partial charge in [-0.1, -0.05) is 11.6 Å². The normalized spacial score (nSPS) is 11.8. The van der Waals surface area contributed by atoms with Gasteiger partial charge in [-0.2, -0.15) is 5.10 Å². The van der Waals surface area contributed by atoms with Crippen LogP contribution in [0.25, 0.3) is 16.6 Å². The summed E-state index contributed by atoms with van der Waals surface area (Å²) in [6.45, 7) is 1.99. The third-order valence-corrected chi connectivity index (χ3v) is 3.04. The van der Waals surface area contributed by atoms with E-state index in [2.05, 4.69) is 9.84 Å². The number of fused-ring (bicyclic) bond motifs is 1. The maximum Gasteiger partial charge on any atom is 0.573 e. The van der Waals surface area contributed by atoms with Gasteiger partial charge < -0.3 is 4.74 Å². The summed E-state index contributed by atoms with van der Waals surface area (Å²) in [6.07, 6.45) is -2.96. The van der Waals surface area contributed by atoms with Gasteiger partial charge in [0, 0.05) is 5.39 Å². The molecule has 3 aromatic rings. The Balaban J connectivity index is 1.96. The zero-order valence-corrected chi connectivity index (χ0v) is 11.1. The van der Waals surface area contributed by atoms with E-state index in [0.29, 0.717) is 5.69 Å². The van der Waals surface area contributed by atoms with E-state index in [4.69, 9.17) is 0 Å². The molecular weight excluding hydrogens is 281 g/mol. The molecule has 3 rings (SSSR count). The lowest BCUT2D eigenvalue weighted by atomic mass is 10.2. The average Bonchev–Trinajstić information content (AvgIpc) is 2.80. The van der Waals surface area contributed by atoms with Crippen LogP contribution < -0.4 is 4.74 Å². The smallest absolute Gasteiger partial charge is 0.406 e. The van der Waals surface area contributed by atoms with Crippen LogP contribution in [0.2, 0.25) is 0 Å². The Kier molecular flexibility index (Phi) is 3.08. The van der Waals surface area contributed by atoms with Gasteiger partial charge >= 0.3 is 6.36 Å². The molecule has 0 aliphatic rings. The summed E-state index contributed by atoms with van der Waals surface area (Å²) in [5.41, 5.74) is 2.68. The molecule has 108 valence electrons. The average molecular weight is 292 g/mol. The molecule has 1 aromatic heterocycles. The molecule has 0 saturated carbocycles. The van der Waals surface area contributed by atoms with E-state index in [9.17, 15) is 13.2 Å². The third-order valence-electron chi connectivity index (χ3n) is 3.04. The molecule has 0 amide bonds. The number of ether oxygens (including phenoxy) is 1. The molecule has 0 N–H and O–H groups in total. The lowest BCUT2D eigenvalue weighted by molar-refractivity contribution is -0.274. The second-order valence-corrected chi connectivity index (χ2v) is 4.66. The molecule has 0 aliphatic heterocycles. The molecule has 0 unspecified atom stereocenters. The van der Waals surface area contributed by atoms with E-state index >= 15 is 0 Å². The highest BCUT2D eigenvalue weighted by atomic mass is 19.4. The van der Waals surface area contributed by atoms with Gasteiger partial charge in [0.25, 0.3) is 0 Å². The second-order valence-electron chi connectivity index (χ2n) is 4.66. The van der Waals surface area contributed by atoms with Crippen molar-refractivity contribution < 1.29 is 17.9 Å². The number of aryl methyl sites for hydroxylation is 1. The Morgan fingerprint density at radius 1 is 1.05 bits per heavy atom. The van der Waals surface area contributed by atoms with Crippen LogP contribution in [0.3, 0.4) is 0 Å². The fourth-order valence-electron chi connectivity index (χ4n) is 2.15. The van der Waals surface area contributed by atoms with Gasteiger partial charge in [-0.25, -0.2) is 4.68 Å². The summed E-state index contributed by atoms with van der Waals surface area (Å²) >= 11 is 0. The first-order chi connectivity index (χ1) is 9.92. The second kappa shape index (κ2) is 4.80. The quantitative estimate of drug-likeness (QED) is 0.706. The number of alkyl halides is 3. The first-order valence-electron chi connectivity index (χ1n) is 6.23. The van der Waals surface area contributed by atoms with Crippen molar-refractivity contribution in [2.45, 2.75) is 13.3 Å². The molecule has 0 spiro atoms. The molecule has 0 radical (unpaired) electrons. The van der Waals surface area contributed by atoms with Crippen molar-refractivity contribution >= 4 is 10.9 Å². The monoisotopic (exact) mass is 292 g/mol. The Hall–Kier alpha value is -2.50. The molecule has 1 heterocycles. The van der Waals surface area contributed by atoms with E-state index in [1.807, 2.05) is 25.1 Å². The minimum Gasteiger partial charge on any atom is -0.406 e. The summed E-state index contributed by atoms with van der Waals surface area (Å²) < 4.78 is 41.9. The molecule has 6 heteroatoms. The van der Waals surface area contributed by atoms with Crippen LogP contribution in [0.1, 0.15) is 5.56 Å². The van der Waals surface area contributed by atoms with Crippen LogP contribution in [0.15, 0.2) is 48.7 Å². The van der Waals surface area contributed by atoms with Crippen molar-refractivity contribution in [3.63, 3.8) is 0 Å². The minimum absolute atomic E-state index is 0.251. The molecule has 21 heavy (non-hydrogen) atoms. The van der Waals surface area contributed by atoms with Crippen molar-refractivity contribution in [1.82, 2.24) is 9.78 Å². The van der Waals surface area contributed by atoms with Crippen molar-refractivity contribution in [2.24, 2.45) is 0 Å². The van der Waals surface area contributed by atoms with Crippen molar-refractivity contribution in [3.8, 4) is 11.4 Å². The Labute approximate surface area is 118 Å². The SMILES string of the molecule is Cc1ccc2c(cnn2-c2ccc(OC(F)(F)F)cc2)c1. The third kappa shape index (κ3) is 2.84. The Bertz CT molecular complexity index is 776. The van der Waals surface area contributed by atoms with E-state index in [1.165, 1.54) is 24.3 Å². The fraction of sp³-hybridized carbons (Fsp3) is 0.133. The summed E-state index contributed by atoms with van der Waals surface area (Å²) in [5.74, 6) is -0.251. The number of benzene rings is 2. The number of nitrogens with zero attached hydrogens (tertiary/aromatic N) is 2. The molecule has 0 fully saturated rings. The zero-order chi connectivity index (χ0) is 15.0. The Morgan fingerprint density at radius 2 is 1.76 bits per heavy atom. The van der Waals surface area contributed by atoms with Crippen molar-refractivity contribution in [3.05, 3.63) is 54.2 Å². The van der Waals surface area contributed by atoms with Crippen LogP contribution >= 0.6 is 0 Å². The molecule has 2 aromatic carbocycles. The molecule has 0 bridgehead atoms. The topological polar surface area (TPSA) is 27.1 Å². The highest BCUT2D eigenvalue weighted by Gasteiger charge is 2.30. The highest BCUT2D eigenvalue weighted by molar-refractivity contribution is 5.80. The predicted octanol–water partition coefficient (Wildman–Crippen LogP) is 4.23. The molecule has 3 nitrogen and oxygen atoms in total. The fourth-order valence-corrected chi connectivity index (χ4v) is 2.15. The summed E-state index contributed by atoms with van der Waals surface area (Å²) in [7, 11) is 0. The number of halogens is 3. The zero-order valence-electron chi connectivity index (χ0n) is 11.1. The van der Waals surface area contributed by atoms with Crippen molar-refractivity contribution in [1.29, 1.82) is 0 Å². The molecule has 0 atom stereocenters. The van der Waals surface area contributed by atoms with Gasteiger partial charge in [0.05, 0.1) is 17.4 Å². The number of rotatable bonds is 2. The molecule has 0 aliphatic carbocycles. The lowest BCUT2D eigenvalue weighted by Gasteiger charge is -2.09. The number of hydrogen-bond acceptors (Lipinski definition) is 2. The van der Waals surface area contributed by atoms with Gasteiger partial charge in [-0.15, -0.1) is 13.2 Å². The van der Waals surface area contributed by atoms with Crippen molar-refractivity contribution in [2.75, 3.05) is 0 Å². The minimum atomic E-state index is -4.68. The summed E-state index contributed by atoms with van der Waals surface area (Å²) in [4.78, 5) is 0. The molecule has 0 saturated heterocycles. The van der Waals surface area contributed by atoms with E-state index < -0.39 is 6.36 Å². The van der Waals surface area contributed by atoms with Gasteiger partial charge in [0.1, 0.15) is 5.75 Å². The predicted molar refractivity (Wildman–Crippen MR) is 72.5 cm³/mol. The standard InChI is InChI=1S/C15H11F3N2O/c1-10-2-7-14-11(8-10)9-19-20(14)12-3-5-13(6-4-12)21-15(16,17)18/h2-9H,1H3. The lowest BCUT2D eigenvalue weighted by Crippen LogP contribution is -2.17. The maximum atomic E-state index is 12.1. The number of aromatic nitrogens is 2. The van der Waals surface area contributed by atoms with E-state index in [-0.39, 0.29) is 5.75 Å². The van der Waals surface area contributed by atoms with Crippen LogP contribution in [0, 0.1) is 6.92 Å². The first-order valence-corrected chi connectivity index (χ1v) is 6.23. The van der Waals surface area contributed by atoms with Crippen LogP contribution in [-0.2, 0) is 0 Å². The highest BCUT2D eigenvalue weighted by Crippen LogP contribution is 2.25. The van der Waals surface area contributed by atoms with Crippen LogP contribution in [-0.4, -0.2) is 16.1 Å². The van der Waals surface area contributed by atoms with Crippen LogP contribution in [0.5, 0.6) is 5.75 Å². The first kappa shape index (κ1) is 13.5. The van der Waals surface area contributed by atoms with E-state index in [1.54, 1.807) is 10.9 Å².